The SMILES string of the molecule is N#Cc1cc([N+](=O)[O-])cc2c1N[C@@H](c1cccc(Cl)c1)[C@H]1CC=C[C@@H]21. The fourth-order valence-electron chi connectivity index (χ4n) is 3.91. The number of anilines is 1. The summed E-state index contributed by atoms with van der Waals surface area (Å²) in [5.74, 6) is 0.284. The number of nitrogens with one attached hydrogen (secondary N) is 1. The summed E-state index contributed by atoms with van der Waals surface area (Å²) in [6.07, 6.45) is 5.07. The van der Waals surface area contributed by atoms with Crippen molar-refractivity contribution >= 4 is 23.0 Å². The molecular weight excluding hydrogens is 338 g/mol. The molecule has 2 aromatic carbocycles. The number of rotatable bonds is 2. The average Bonchev–Trinajstić information content (AvgIpc) is 3.10. The third-order valence-electron chi connectivity index (χ3n) is 4.99. The van der Waals surface area contributed by atoms with Crippen molar-refractivity contribution in [1.29, 1.82) is 5.26 Å². The van der Waals surface area contributed by atoms with Crippen LogP contribution in [-0.4, -0.2) is 4.92 Å². The van der Waals surface area contributed by atoms with E-state index < -0.39 is 4.92 Å². The number of hydrogen-bond donors (Lipinski definition) is 1. The maximum atomic E-state index is 11.2. The normalized spacial score (nSPS) is 23.3. The summed E-state index contributed by atoms with van der Waals surface area (Å²) < 4.78 is 0. The highest BCUT2D eigenvalue weighted by Gasteiger charge is 2.39. The minimum Gasteiger partial charge on any atom is -0.377 e. The summed E-state index contributed by atoms with van der Waals surface area (Å²) in [5.41, 5.74) is 2.82. The summed E-state index contributed by atoms with van der Waals surface area (Å²) in [4.78, 5) is 10.8. The third kappa shape index (κ3) is 2.55. The second kappa shape index (κ2) is 5.91. The van der Waals surface area contributed by atoms with Crippen LogP contribution in [0.5, 0.6) is 0 Å². The van der Waals surface area contributed by atoms with Gasteiger partial charge in [-0.2, -0.15) is 5.26 Å². The van der Waals surface area contributed by atoms with Crippen LogP contribution < -0.4 is 5.32 Å². The number of hydrogen-bond acceptors (Lipinski definition) is 4. The van der Waals surface area contributed by atoms with E-state index in [1.165, 1.54) is 6.07 Å². The van der Waals surface area contributed by atoms with Crippen LogP contribution in [0.1, 0.15) is 35.1 Å². The summed E-state index contributed by atoms with van der Waals surface area (Å²) in [6.45, 7) is 0. The molecule has 0 radical (unpaired) electrons. The van der Waals surface area contributed by atoms with Gasteiger partial charge in [0.25, 0.3) is 5.69 Å². The Morgan fingerprint density at radius 1 is 1.32 bits per heavy atom. The lowest BCUT2D eigenvalue weighted by atomic mass is 9.76. The van der Waals surface area contributed by atoms with Crippen LogP contribution in [0.15, 0.2) is 48.6 Å². The Morgan fingerprint density at radius 3 is 2.88 bits per heavy atom. The molecule has 0 unspecified atom stereocenters. The Hall–Kier alpha value is -2.84. The molecule has 4 rings (SSSR count). The number of nitro groups is 1. The monoisotopic (exact) mass is 351 g/mol. The molecule has 0 amide bonds. The van der Waals surface area contributed by atoms with Gasteiger partial charge in [-0.1, -0.05) is 35.9 Å². The average molecular weight is 352 g/mol. The molecule has 124 valence electrons. The highest BCUT2D eigenvalue weighted by Crippen LogP contribution is 2.51. The van der Waals surface area contributed by atoms with Gasteiger partial charge in [0.05, 0.1) is 22.2 Å². The van der Waals surface area contributed by atoms with Crippen LogP contribution in [-0.2, 0) is 0 Å². The molecule has 0 saturated carbocycles. The molecule has 0 spiro atoms. The van der Waals surface area contributed by atoms with Crippen molar-refractivity contribution in [2.24, 2.45) is 5.92 Å². The van der Waals surface area contributed by atoms with Crippen molar-refractivity contribution < 1.29 is 4.92 Å². The van der Waals surface area contributed by atoms with Crippen molar-refractivity contribution in [2.75, 3.05) is 5.32 Å². The molecular formula is C19H14ClN3O2. The molecule has 0 saturated heterocycles. The number of allylic oxidation sites excluding steroid dienone is 2. The van der Waals surface area contributed by atoms with E-state index in [-0.39, 0.29) is 23.6 Å². The number of nitrogens with zero attached hydrogens (tertiary/aromatic N) is 2. The van der Waals surface area contributed by atoms with Crippen molar-refractivity contribution in [2.45, 2.75) is 18.4 Å². The van der Waals surface area contributed by atoms with Crippen LogP contribution in [0, 0.1) is 27.4 Å². The van der Waals surface area contributed by atoms with Gasteiger partial charge in [0.2, 0.25) is 0 Å². The van der Waals surface area contributed by atoms with E-state index in [1.807, 2.05) is 24.3 Å². The zero-order chi connectivity index (χ0) is 17.6. The highest BCUT2D eigenvalue weighted by atomic mass is 35.5. The molecule has 0 bridgehead atoms. The molecule has 1 aliphatic heterocycles. The topological polar surface area (TPSA) is 79.0 Å². The molecule has 1 N–H and O–H groups in total. The van der Waals surface area contributed by atoms with Crippen molar-refractivity contribution in [3.8, 4) is 6.07 Å². The molecule has 3 atom stereocenters. The summed E-state index contributed by atoms with van der Waals surface area (Å²) in [5, 5.41) is 24.8. The van der Waals surface area contributed by atoms with Gasteiger partial charge in [0.1, 0.15) is 6.07 Å². The quantitative estimate of drug-likeness (QED) is 0.472. The van der Waals surface area contributed by atoms with Crippen molar-refractivity contribution in [3.63, 3.8) is 0 Å². The molecule has 25 heavy (non-hydrogen) atoms. The van der Waals surface area contributed by atoms with Crippen molar-refractivity contribution in [1.82, 2.24) is 0 Å². The van der Waals surface area contributed by atoms with Gasteiger partial charge in [-0.05, 0) is 35.6 Å². The first kappa shape index (κ1) is 15.7. The predicted molar refractivity (Wildman–Crippen MR) is 95.6 cm³/mol. The molecule has 2 aromatic rings. The summed E-state index contributed by atoms with van der Waals surface area (Å²) >= 11 is 6.15. The molecule has 1 aliphatic carbocycles. The minimum absolute atomic E-state index is 0.000226. The van der Waals surface area contributed by atoms with E-state index in [0.29, 0.717) is 16.3 Å². The number of non-ortho nitro benzene ring substituents is 1. The van der Waals surface area contributed by atoms with Gasteiger partial charge in [-0.25, -0.2) is 0 Å². The molecule has 0 fully saturated rings. The van der Waals surface area contributed by atoms with E-state index in [2.05, 4.69) is 23.5 Å². The van der Waals surface area contributed by atoms with Crippen LogP contribution in [0.4, 0.5) is 11.4 Å². The first-order chi connectivity index (χ1) is 12.1. The number of fused-ring (bicyclic) bond motifs is 3. The summed E-state index contributed by atoms with van der Waals surface area (Å²) in [6, 6.07) is 12.7. The second-order valence-electron chi connectivity index (χ2n) is 6.36. The zero-order valence-corrected chi connectivity index (χ0v) is 13.9. The maximum Gasteiger partial charge on any atom is 0.271 e. The molecule has 6 heteroatoms. The molecule has 0 aromatic heterocycles. The van der Waals surface area contributed by atoms with Crippen molar-refractivity contribution in [3.05, 3.63) is 80.4 Å². The van der Waals surface area contributed by atoms with E-state index >= 15 is 0 Å². The Bertz CT molecular complexity index is 948. The van der Waals surface area contributed by atoms with Gasteiger partial charge in [-0.3, -0.25) is 10.1 Å². The van der Waals surface area contributed by atoms with Gasteiger partial charge in [0, 0.05) is 23.1 Å². The molecule has 2 aliphatic rings. The Balaban J connectivity index is 1.87. The lowest BCUT2D eigenvalue weighted by Gasteiger charge is -2.37. The van der Waals surface area contributed by atoms with Gasteiger partial charge >= 0.3 is 0 Å². The number of halogens is 1. The zero-order valence-electron chi connectivity index (χ0n) is 13.1. The van der Waals surface area contributed by atoms with Gasteiger partial charge < -0.3 is 5.32 Å². The minimum atomic E-state index is -0.447. The van der Waals surface area contributed by atoms with Crippen LogP contribution in [0.25, 0.3) is 0 Å². The second-order valence-corrected chi connectivity index (χ2v) is 6.79. The number of benzene rings is 2. The first-order valence-electron chi connectivity index (χ1n) is 7.99. The van der Waals surface area contributed by atoms with E-state index in [0.717, 1.165) is 17.5 Å². The summed E-state index contributed by atoms with van der Waals surface area (Å²) in [7, 11) is 0. The standard InChI is InChI=1S/C19H14ClN3O2/c20-13-4-1-3-11(7-13)18-16-6-2-5-15(16)17-9-14(23(24)25)8-12(10-21)19(17)22-18/h1-5,7-9,15-16,18,22H,6H2/t15-,16+,18+/m1/s1. The third-order valence-corrected chi connectivity index (χ3v) is 5.23. The number of nitriles is 1. The first-order valence-corrected chi connectivity index (χ1v) is 8.37. The lowest BCUT2D eigenvalue weighted by Crippen LogP contribution is -2.29. The Morgan fingerprint density at radius 2 is 2.16 bits per heavy atom. The number of nitro benzene ring substituents is 1. The predicted octanol–water partition coefficient (Wildman–Crippen LogP) is 4.95. The van der Waals surface area contributed by atoms with E-state index in [9.17, 15) is 15.4 Å². The van der Waals surface area contributed by atoms with Crippen LogP contribution in [0.3, 0.4) is 0 Å². The maximum absolute atomic E-state index is 11.2. The Kier molecular flexibility index (Phi) is 3.70. The van der Waals surface area contributed by atoms with Gasteiger partial charge in [0.15, 0.2) is 0 Å². The molecule has 1 heterocycles. The lowest BCUT2D eigenvalue weighted by molar-refractivity contribution is -0.384. The van der Waals surface area contributed by atoms with E-state index in [1.54, 1.807) is 6.07 Å². The largest absolute Gasteiger partial charge is 0.377 e. The van der Waals surface area contributed by atoms with Gasteiger partial charge in [-0.15, -0.1) is 0 Å². The van der Waals surface area contributed by atoms with E-state index in [4.69, 9.17) is 11.6 Å². The van der Waals surface area contributed by atoms with Crippen LogP contribution in [0.2, 0.25) is 5.02 Å². The fraction of sp³-hybridized carbons (Fsp3) is 0.211. The molecule has 5 nitrogen and oxygen atoms in total. The smallest absolute Gasteiger partial charge is 0.271 e. The Labute approximate surface area is 149 Å². The fourth-order valence-corrected chi connectivity index (χ4v) is 4.11. The highest BCUT2D eigenvalue weighted by molar-refractivity contribution is 6.30. The van der Waals surface area contributed by atoms with Crippen LogP contribution >= 0.6 is 11.6 Å².